The second-order valence-electron chi connectivity index (χ2n) is 4.40. The minimum atomic E-state index is -0.334. The third-order valence-corrected chi connectivity index (χ3v) is 3.16. The van der Waals surface area contributed by atoms with Crippen LogP contribution in [0.5, 0.6) is 11.5 Å². The van der Waals surface area contributed by atoms with Crippen LogP contribution in [0.1, 0.15) is 22.9 Å². The van der Waals surface area contributed by atoms with Gasteiger partial charge >= 0.3 is 0 Å². The van der Waals surface area contributed by atoms with E-state index in [0.717, 1.165) is 28.3 Å². The summed E-state index contributed by atoms with van der Waals surface area (Å²) < 4.78 is 12.5. The smallest absolute Gasteiger partial charge is 0.127 e. The van der Waals surface area contributed by atoms with Gasteiger partial charge in [0.25, 0.3) is 0 Å². The number of ether oxygens (including phenoxy) is 2. The number of hydrogen-bond acceptors (Lipinski definition) is 4. The molecule has 1 atom stereocenters. The average molecular weight is 261 g/mol. The maximum absolute atomic E-state index is 6.37. The third kappa shape index (κ3) is 2.42. The molecule has 0 aliphatic carbocycles. The second-order valence-corrected chi connectivity index (χ2v) is 4.40. The number of hydrogen-bond donors (Lipinski definition) is 1. The van der Waals surface area contributed by atoms with Crippen molar-refractivity contribution < 1.29 is 9.47 Å². The Bertz CT molecular complexity index is 556. The first-order valence-electron chi connectivity index (χ1n) is 6.05. The summed E-state index contributed by atoms with van der Waals surface area (Å²) in [6, 6.07) is 5.30. The van der Waals surface area contributed by atoms with E-state index in [1.54, 1.807) is 18.9 Å². The van der Waals surface area contributed by atoms with Crippen LogP contribution in [0.15, 0.2) is 24.4 Å². The van der Waals surface area contributed by atoms with Gasteiger partial charge in [0.1, 0.15) is 11.5 Å². The van der Waals surface area contributed by atoms with Gasteiger partial charge in [-0.15, -0.1) is 0 Å². The summed E-state index contributed by atoms with van der Waals surface area (Å²) in [7, 11) is 5.13. The van der Waals surface area contributed by atoms with Crippen LogP contribution in [0.2, 0.25) is 0 Å². The zero-order chi connectivity index (χ0) is 14.0. The van der Waals surface area contributed by atoms with E-state index < -0.39 is 0 Å². The molecule has 19 heavy (non-hydrogen) atoms. The standard InChI is InChI=1S/C14H19N3O2/c1-9-10(8-17(2)16-9)14(15)13-11(18-3)6-5-7-12(13)19-4/h5-8,14H,15H2,1-4H3. The van der Waals surface area contributed by atoms with Gasteiger partial charge in [-0.1, -0.05) is 6.07 Å². The number of nitrogens with zero attached hydrogens (tertiary/aromatic N) is 2. The first-order chi connectivity index (χ1) is 9.08. The molecule has 0 spiro atoms. The number of aryl methyl sites for hydroxylation is 2. The van der Waals surface area contributed by atoms with Gasteiger partial charge in [-0.25, -0.2) is 0 Å². The van der Waals surface area contributed by atoms with Crippen molar-refractivity contribution in [2.75, 3.05) is 14.2 Å². The van der Waals surface area contributed by atoms with Gasteiger partial charge in [0.15, 0.2) is 0 Å². The molecule has 5 nitrogen and oxygen atoms in total. The van der Waals surface area contributed by atoms with Crippen LogP contribution in [-0.4, -0.2) is 24.0 Å². The fraction of sp³-hybridized carbons (Fsp3) is 0.357. The lowest BCUT2D eigenvalue weighted by Gasteiger charge is -2.18. The molecule has 0 fully saturated rings. The molecule has 0 saturated heterocycles. The number of methoxy groups -OCH3 is 2. The van der Waals surface area contributed by atoms with Gasteiger partial charge in [0.05, 0.1) is 31.5 Å². The zero-order valence-electron chi connectivity index (χ0n) is 11.7. The first kappa shape index (κ1) is 13.4. The van der Waals surface area contributed by atoms with Gasteiger partial charge < -0.3 is 15.2 Å². The predicted octanol–water partition coefficient (Wildman–Crippen LogP) is 1.79. The lowest BCUT2D eigenvalue weighted by molar-refractivity contribution is 0.382. The van der Waals surface area contributed by atoms with E-state index >= 15 is 0 Å². The van der Waals surface area contributed by atoms with Crippen molar-refractivity contribution in [1.29, 1.82) is 0 Å². The van der Waals surface area contributed by atoms with Crippen molar-refractivity contribution in [2.24, 2.45) is 12.8 Å². The van der Waals surface area contributed by atoms with Gasteiger partial charge in [-0.2, -0.15) is 5.10 Å². The molecular weight excluding hydrogens is 242 g/mol. The first-order valence-corrected chi connectivity index (χ1v) is 6.05. The van der Waals surface area contributed by atoms with Gasteiger partial charge in [-0.3, -0.25) is 4.68 Å². The largest absolute Gasteiger partial charge is 0.496 e. The third-order valence-electron chi connectivity index (χ3n) is 3.16. The molecule has 0 aliphatic heterocycles. The van der Waals surface area contributed by atoms with E-state index in [9.17, 15) is 0 Å². The molecule has 2 aromatic rings. The van der Waals surface area contributed by atoms with Crippen LogP contribution in [0.4, 0.5) is 0 Å². The Morgan fingerprint density at radius 2 is 1.79 bits per heavy atom. The Kier molecular flexibility index (Phi) is 3.76. The van der Waals surface area contributed by atoms with E-state index in [1.807, 2.05) is 38.4 Å². The molecule has 0 radical (unpaired) electrons. The van der Waals surface area contributed by atoms with Crippen molar-refractivity contribution in [3.63, 3.8) is 0 Å². The number of rotatable bonds is 4. The highest BCUT2D eigenvalue weighted by atomic mass is 16.5. The second kappa shape index (κ2) is 5.32. The van der Waals surface area contributed by atoms with E-state index in [0.29, 0.717) is 0 Å². The molecule has 1 aromatic carbocycles. The van der Waals surface area contributed by atoms with Gasteiger partial charge in [-0.05, 0) is 19.1 Å². The van der Waals surface area contributed by atoms with Gasteiger partial charge in [0, 0.05) is 18.8 Å². The van der Waals surface area contributed by atoms with Crippen molar-refractivity contribution in [3.05, 3.63) is 41.2 Å². The molecule has 102 valence electrons. The maximum Gasteiger partial charge on any atom is 0.127 e. The zero-order valence-corrected chi connectivity index (χ0v) is 11.7. The monoisotopic (exact) mass is 261 g/mol. The van der Waals surface area contributed by atoms with Crippen LogP contribution in [-0.2, 0) is 7.05 Å². The van der Waals surface area contributed by atoms with Crippen molar-refractivity contribution >= 4 is 0 Å². The fourth-order valence-electron chi connectivity index (χ4n) is 2.27. The average Bonchev–Trinajstić information content (AvgIpc) is 2.75. The SMILES string of the molecule is COc1cccc(OC)c1C(N)c1cn(C)nc1C. The molecule has 1 heterocycles. The molecule has 5 heteroatoms. The molecule has 2 N–H and O–H groups in total. The van der Waals surface area contributed by atoms with E-state index in [4.69, 9.17) is 15.2 Å². The van der Waals surface area contributed by atoms with E-state index in [1.165, 1.54) is 0 Å². The Morgan fingerprint density at radius 3 is 2.21 bits per heavy atom. The van der Waals surface area contributed by atoms with Crippen LogP contribution < -0.4 is 15.2 Å². The summed E-state index contributed by atoms with van der Waals surface area (Å²) in [4.78, 5) is 0. The van der Waals surface area contributed by atoms with Crippen LogP contribution in [0, 0.1) is 6.92 Å². The summed E-state index contributed by atoms with van der Waals surface area (Å²) in [6.45, 7) is 1.94. The molecule has 1 unspecified atom stereocenters. The summed E-state index contributed by atoms with van der Waals surface area (Å²) in [5, 5.41) is 4.32. The Hall–Kier alpha value is -2.01. The summed E-state index contributed by atoms with van der Waals surface area (Å²) in [5.74, 6) is 1.44. The summed E-state index contributed by atoms with van der Waals surface area (Å²) in [6.07, 6.45) is 1.92. The highest BCUT2D eigenvalue weighted by Gasteiger charge is 2.22. The molecule has 0 saturated carbocycles. The van der Waals surface area contributed by atoms with E-state index in [-0.39, 0.29) is 6.04 Å². The predicted molar refractivity (Wildman–Crippen MR) is 73.5 cm³/mol. The highest BCUT2D eigenvalue weighted by molar-refractivity contribution is 5.50. The van der Waals surface area contributed by atoms with E-state index in [2.05, 4.69) is 5.10 Å². The minimum absolute atomic E-state index is 0.334. The molecular formula is C14H19N3O2. The molecule has 0 amide bonds. The van der Waals surface area contributed by atoms with Crippen LogP contribution in [0.3, 0.4) is 0 Å². The van der Waals surface area contributed by atoms with Crippen LogP contribution >= 0.6 is 0 Å². The summed E-state index contributed by atoms with van der Waals surface area (Å²) in [5.41, 5.74) is 9.08. The lowest BCUT2D eigenvalue weighted by atomic mass is 9.98. The van der Waals surface area contributed by atoms with Crippen molar-refractivity contribution in [2.45, 2.75) is 13.0 Å². The molecule has 0 aliphatic rings. The van der Waals surface area contributed by atoms with Crippen molar-refractivity contribution in [1.82, 2.24) is 9.78 Å². The minimum Gasteiger partial charge on any atom is -0.496 e. The van der Waals surface area contributed by atoms with Crippen molar-refractivity contribution in [3.8, 4) is 11.5 Å². The molecule has 0 bridgehead atoms. The number of benzene rings is 1. The van der Waals surface area contributed by atoms with Crippen LogP contribution in [0.25, 0.3) is 0 Å². The number of aromatic nitrogens is 2. The fourth-order valence-corrected chi connectivity index (χ4v) is 2.27. The normalized spacial score (nSPS) is 12.3. The maximum atomic E-state index is 6.37. The molecule has 2 rings (SSSR count). The lowest BCUT2D eigenvalue weighted by Crippen LogP contribution is -2.15. The number of nitrogens with two attached hydrogens (primary N) is 1. The molecule has 1 aromatic heterocycles. The highest BCUT2D eigenvalue weighted by Crippen LogP contribution is 2.36. The topological polar surface area (TPSA) is 62.3 Å². The Balaban J connectivity index is 2.54. The Morgan fingerprint density at radius 1 is 1.21 bits per heavy atom. The summed E-state index contributed by atoms with van der Waals surface area (Å²) >= 11 is 0. The van der Waals surface area contributed by atoms with Gasteiger partial charge in [0.2, 0.25) is 0 Å². The quantitative estimate of drug-likeness (QED) is 0.911. The Labute approximate surface area is 112 Å².